The van der Waals surface area contributed by atoms with Gasteiger partial charge in [0.25, 0.3) is 0 Å². The highest BCUT2D eigenvalue weighted by Gasteiger charge is 2.37. The molecule has 17 heavy (non-hydrogen) atoms. The van der Waals surface area contributed by atoms with Crippen molar-refractivity contribution in [2.75, 3.05) is 27.2 Å². The van der Waals surface area contributed by atoms with Crippen LogP contribution in [0.3, 0.4) is 0 Å². The number of nitrogens with zero attached hydrogens (tertiary/aromatic N) is 1. The molecule has 1 aromatic rings. The van der Waals surface area contributed by atoms with Gasteiger partial charge in [0, 0.05) is 6.54 Å². The number of nitrogens with one attached hydrogen (secondary N) is 1. The number of benzene rings is 1. The highest BCUT2D eigenvalue weighted by atomic mass is 19.1. The fraction of sp³-hybridized carbons (Fsp3) is 0.571. The average Bonchev–Trinajstić information content (AvgIpc) is 2.33. The van der Waals surface area contributed by atoms with Crippen LogP contribution in [0.25, 0.3) is 0 Å². The summed E-state index contributed by atoms with van der Waals surface area (Å²) in [4.78, 5) is 2.40. The van der Waals surface area contributed by atoms with Crippen LogP contribution in [-0.4, -0.2) is 32.1 Å². The normalized spacial score (nSPS) is 26.1. The van der Waals surface area contributed by atoms with Crippen molar-refractivity contribution in [1.29, 1.82) is 0 Å². The molecule has 1 atom stereocenters. The van der Waals surface area contributed by atoms with Gasteiger partial charge in [-0.3, -0.25) is 4.90 Å². The van der Waals surface area contributed by atoms with Crippen molar-refractivity contribution in [3.05, 3.63) is 35.6 Å². The number of rotatable bonds is 3. The zero-order chi connectivity index (χ0) is 12.3. The molecule has 3 heteroatoms. The van der Waals surface area contributed by atoms with Gasteiger partial charge in [-0.15, -0.1) is 0 Å². The lowest BCUT2D eigenvalue weighted by molar-refractivity contribution is 0.0715. The van der Waals surface area contributed by atoms with Crippen LogP contribution in [0.2, 0.25) is 0 Å². The number of likely N-dealkylation sites (N-methyl/N-ethyl adjacent to an activating group) is 2. The van der Waals surface area contributed by atoms with E-state index >= 15 is 0 Å². The Morgan fingerprint density at radius 1 is 1.29 bits per heavy atom. The Bertz CT molecular complexity index is 359. The molecule has 1 aromatic carbocycles. The van der Waals surface area contributed by atoms with Gasteiger partial charge in [-0.2, -0.15) is 0 Å². The number of likely N-dealkylation sites (tertiary alicyclic amines) is 1. The molecule has 1 unspecified atom stereocenters. The van der Waals surface area contributed by atoms with Gasteiger partial charge in [-0.05, 0) is 57.6 Å². The first-order chi connectivity index (χ1) is 8.19. The maximum Gasteiger partial charge on any atom is 0.123 e. The fourth-order valence-corrected chi connectivity index (χ4v) is 2.91. The van der Waals surface area contributed by atoms with Gasteiger partial charge in [0.05, 0.1) is 5.54 Å². The van der Waals surface area contributed by atoms with E-state index in [2.05, 4.69) is 17.3 Å². The highest BCUT2D eigenvalue weighted by Crippen LogP contribution is 2.36. The van der Waals surface area contributed by atoms with E-state index in [9.17, 15) is 4.39 Å². The van der Waals surface area contributed by atoms with Crippen molar-refractivity contribution in [3.8, 4) is 0 Å². The van der Waals surface area contributed by atoms with Crippen LogP contribution in [0.1, 0.15) is 24.8 Å². The SMILES string of the molecule is CNCC1(c2ccc(F)cc2)CCCCN1C. The second-order valence-electron chi connectivity index (χ2n) is 4.95. The minimum Gasteiger partial charge on any atom is -0.318 e. The van der Waals surface area contributed by atoms with Gasteiger partial charge in [0.1, 0.15) is 5.82 Å². The van der Waals surface area contributed by atoms with Gasteiger partial charge < -0.3 is 5.32 Å². The van der Waals surface area contributed by atoms with E-state index in [0.717, 1.165) is 19.5 Å². The van der Waals surface area contributed by atoms with Crippen LogP contribution in [0, 0.1) is 5.82 Å². The van der Waals surface area contributed by atoms with Gasteiger partial charge >= 0.3 is 0 Å². The molecule has 0 aromatic heterocycles. The minimum atomic E-state index is -0.160. The highest BCUT2D eigenvalue weighted by molar-refractivity contribution is 5.26. The molecule has 1 N–H and O–H groups in total. The Balaban J connectivity index is 2.35. The first-order valence-electron chi connectivity index (χ1n) is 6.31. The van der Waals surface area contributed by atoms with Gasteiger partial charge in [-0.1, -0.05) is 12.1 Å². The zero-order valence-electron chi connectivity index (χ0n) is 10.7. The maximum atomic E-state index is 13.0. The third-order valence-corrected chi connectivity index (χ3v) is 3.92. The lowest BCUT2D eigenvalue weighted by Crippen LogP contribution is -2.52. The van der Waals surface area contributed by atoms with E-state index in [1.807, 2.05) is 19.2 Å². The topological polar surface area (TPSA) is 15.3 Å². The van der Waals surface area contributed by atoms with E-state index in [1.54, 1.807) is 12.1 Å². The summed E-state index contributed by atoms with van der Waals surface area (Å²) in [5.41, 5.74) is 1.25. The van der Waals surface area contributed by atoms with E-state index in [4.69, 9.17) is 0 Å². The Morgan fingerprint density at radius 2 is 2.00 bits per heavy atom. The van der Waals surface area contributed by atoms with Crippen molar-refractivity contribution < 1.29 is 4.39 Å². The van der Waals surface area contributed by atoms with Crippen molar-refractivity contribution in [3.63, 3.8) is 0 Å². The van der Waals surface area contributed by atoms with E-state index in [1.165, 1.54) is 18.4 Å². The first-order valence-corrected chi connectivity index (χ1v) is 6.31. The van der Waals surface area contributed by atoms with Crippen LogP contribution < -0.4 is 5.32 Å². The summed E-state index contributed by atoms with van der Waals surface area (Å²) in [5, 5.41) is 3.29. The van der Waals surface area contributed by atoms with Gasteiger partial charge in [0.2, 0.25) is 0 Å². The number of hydrogen-bond donors (Lipinski definition) is 1. The average molecular weight is 236 g/mol. The predicted molar refractivity (Wildman–Crippen MR) is 68.5 cm³/mol. The number of hydrogen-bond acceptors (Lipinski definition) is 2. The van der Waals surface area contributed by atoms with E-state index < -0.39 is 0 Å². The van der Waals surface area contributed by atoms with Crippen LogP contribution in [0.15, 0.2) is 24.3 Å². The predicted octanol–water partition coefficient (Wildman–Crippen LogP) is 2.36. The summed E-state index contributed by atoms with van der Waals surface area (Å²) in [6.45, 7) is 2.02. The molecule has 0 amide bonds. The van der Waals surface area contributed by atoms with Crippen molar-refractivity contribution >= 4 is 0 Å². The van der Waals surface area contributed by atoms with E-state index in [-0.39, 0.29) is 11.4 Å². The second kappa shape index (κ2) is 5.15. The Kier molecular flexibility index (Phi) is 3.79. The molecule has 1 aliphatic heterocycles. The maximum absolute atomic E-state index is 13.0. The lowest BCUT2D eigenvalue weighted by atomic mass is 9.80. The molecule has 1 aliphatic rings. The molecular weight excluding hydrogens is 215 g/mol. The van der Waals surface area contributed by atoms with Crippen LogP contribution >= 0.6 is 0 Å². The van der Waals surface area contributed by atoms with Gasteiger partial charge in [-0.25, -0.2) is 4.39 Å². The standard InChI is InChI=1S/C14H21FN2/c1-16-11-14(9-3-4-10-17(14)2)12-5-7-13(15)8-6-12/h5-8,16H,3-4,9-11H2,1-2H3. The molecule has 0 aliphatic carbocycles. The molecule has 2 rings (SSSR count). The van der Waals surface area contributed by atoms with Crippen LogP contribution in [0.5, 0.6) is 0 Å². The Morgan fingerprint density at radius 3 is 2.59 bits per heavy atom. The van der Waals surface area contributed by atoms with Crippen molar-refractivity contribution in [2.24, 2.45) is 0 Å². The molecule has 94 valence electrons. The molecule has 0 spiro atoms. The van der Waals surface area contributed by atoms with E-state index in [0.29, 0.717) is 0 Å². The molecule has 0 saturated carbocycles. The second-order valence-corrected chi connectivity index (χ2v) is 4.95. The molecule has 1 heterocycles. The molecule has 0 bridgehead atoms. The lowest BCUT2D eigenvalue weighted by Gasteiger charge is -2.46. The van der Waals surface area contributed by atoms with Crippen molar-refractivity contribution in [1.82, 2.24) is 10.2 Å². The third-order valence-electron chi connectivity index (χ3n) is 3.92. The molecule has 2 nitrogen and oxygen atoms in total. The molecule has 0 radical (unpaired) electrons. The minimum absolute atomic E-state index is 0.0285. The molecule has 1 saturated heterocycles. The van der Waals surface area contributed by atoms with Crippen molar-refractivity contribution in [2.45, 2.75) is 24.8 Å². The number of piperidine rings is 1. The summed E-state index contributed by atoms with van der Waals surface area (Å²) in [6, 6.07) is 6.98. The molecular formula is C14H21FN2. The summed E-state index contributed by atoms with van der Waals surface area (Å²) in [5.74, 6) is -0.160. The number of halogens is 1. The quantitative estimate of drug-likeness (QED) is 0.866. The zero-order valence-corrected chi connectivity index (χ0v) is 10.7. The third kappa shape index (κ3) is 2.35. The summed E-state index contributed by atoms with van der Waals surface area (Å²) in [6.07, 6.45) is 3.63. The summed E-state index contributed by atoms with van der Waals surface area (Å²) < 4.78 is 13.0. The fourth-order valence-electron chi connectivity index (χ4n) is 2.91. The van der Waals surface area contributed by atoms with Crippen LogP contribution in [0.4, 0.5) is 4.39 Å². The van der Waals surface area contributed by atoms with Crippen LogP contribution in [-0.2, 0) is 5.54 Å². The largest absolute Gasteiger partial charge is 0.318 e. The smallest absolute Gasteiger partial charge is 0.123 e. The Labute approximate surface area is 103 Å². The summed E-state index contributed by atoms with van der Waals surface area (Å²) >= 11 is 0. The first kappa shape index (κ1) is 12.5. The monoisotopic (exact) mass is 236 g/mol. The summed E-state index contributed by atoms with van der Waals surface area (Å²) in [7, 11) is 4.15. The Hall–Kier alpha value is -0.930. The molecule has 1 fully saturated rings. The van der Waals surface area contributed by atoms with Gasteiger partial charge in [0.15, 0.2) is 0 Å².